The molecule has 0 aromatic heterocycles. The minimum absolute atomic E-state index is 0.741. The summed E-state index contributed by atoms with van der Waals surface area (Å²) in [5.74, 6) is 0. The molecule has 35 heavy (non-hydrogen) atoms. The average molecular weight is 496 g/mol. The normalized spacial score (nSPS) is 12.6. The molecule has 2 nitrogen and oxygen atoms in total. The zero-order chi connectivity index (χ0) is 25.7. The van der Waals surface area contributed by atoms with Gasteiger partial charge in [-0.3, -0.25) is 0 Å². The van der Waals surface area contributed by atoms with E-state index in [1.54, 1.807) is 0 Å². The van der Waals surface area contributed by atoms with Crippen LogP contribution in [0.2, 0.25) is 0 Å². The Bertz CT molecular complexity index is 370. The molecule has 0 N–H and O–H groups in total. The van der Waals surface area contributed by atoms with E-state index in [0.717, 1.165) is 19.3 Å². The zero-order valence-electron chi connectivity index (χ0n) is 25.2. The fourth-order valence-corrected chi connectivity index (χ4v) is 5.27. The van der Waals surface area contributed by atoms with Gasteiger partial charge in [-0.1, -0.05) is 155 Å². The molecule has 0 aliphatic rings. The molecule has 2 heteroatoms. The summed E-state index contributed by atoms with van der Waals surface area (Å²) >= 11 is 0. The van der Waals surface area contributed by atoms with Crippen LogP contribution in [0.3, 0.4) is 0 Å². The summed E-state index contributed by atoms with van der Waals surface area (Å²) in [5.41, 5.74) is 0. The summed E-state index contributed by atoms with van der Waals surface area (Å²) in [6.07, 6.45) is 36.7. The van der Waals surface area contributed by atoms with Crippen LogP contribution in [0.4, 0.5) is 0 Å². The van der Waals surface area contributed by atoms with Gasteiger partial charge in [-0.15, -0.1) is 0 Å². The Morgan fingerprint density at radius 3 is 1.11 bits per heavy atom. The molecule has 0 saturated carbocycles. The van der Waals surface area contributed by atoms with Crippen molar-refractivity contribution >= 4 is 0 Å². The van der Waals surface area contributed by atoms with E-state index in [9.17, 15) is 0 Å². The highest BCUT2D eigenvalue weighted by Crippen LogP contribution is 2.16. The molecule has 0 aliphatic carbocycles. The third kappa shape index (κ3) is 28.3. The van der Waals surface area contributed by atoms with Gasteiger partial charge in [-0.2, -0.15) is 0 Å². The van der Waals surface area contributed by atoms with Crippen molar-refractivity contribution in [3.63, 3.8) is 0 Å². The van der Waals surface area contributed by atoms with Crippen LogP contribution in [0, 0.1) is 0 Å². The molecule has 0 heterocycles. The van der Waals surface area contributed by atoms with Crippen molar-refractivity contribution in [2.75, 3.05) is 27.3 Å². The third-order valence-corrected chi connectivity index (χ3v) is 7.84. The Balaban J connectivity index is 3.30. The minimum Gasteiger partial charge on any atom is -0.381 e. The number of rotatable bonds is 30. The monoisotopic (exact) mass is 496 g/mol. The molecule has 212 valence electrons. The van der Waals surface area contributed by atoms with Gasteiger partial charge in [0.05, 0.1) is 0 Å². The maximum absolute atomic E-state index is 5.94. The molecule has 0 saturated heterocycles. The predicted octanol–water partition coefficient (Wildman–Crippen LogP) is 11.1. The number of hydrogen-bond acceptors (Lipinski definition) is 2. The molecule has 0 radical (unpaired) electrons. The van der Waals surface area contributed by atoms with E-state index in [2.05, 4.69) is 32.8 Å². The van der Waals surface area contributed by atoms with Gasteiger partial charge >= 0.3 is 0 Å². The number of hydrogen-bond donors (Lipinski definition) is 0. The molecule has 0 fully saturated rings. The van der Waals surface area contributed by atoms with Gasteiger partial charge in [0.2, 0.25) is 0 Å². The summed E-state index contributed by atoms with van der Waals surface area (Å²) in [6, 6.07) is 0.741. The minimum atomic E-state index is 0.741. The van der Waals surface area contributed by atoms with Crippen LogP contribution in [0.5, 0.6) is 0 Å². The average Bonchev–Trinajstić information content (AvgIpc) is 2.85. The lowest BCUT2D eigenvalue weighted by atomic mass is 10.0. The van der Waals surface area contributed by atoms with E-state index >= 15 is 0 Å². The first kappa shape index (κ1) is 34.9. The van der Waals surface area contributed by atoms with Gasteiger partial charge < -0.3 is 9.64 Å². The van der Waals surface area contributed by atoms with Gasteiger partial charge in [0, 0.05) is 19.3 Å². The zero-order valence-corrected chi connectivity index (χ0v) is 25.2. The second-order valence-electron chi connectivity index (χ2n) is 11.6. The standard InChI is InChI=1S/C33H69NO/c1-5-7-9-11-13-14-15-16-17-18-19-20-21-23-25-27-31-35-32-28-30-33(34(3)4)29-26-24-22-12-10-8-6-2/h33H,5-32H2,1-4H3. The van der Waals surface area contributed by atoms with Crippen molar-refractivity contribution in [3.05, 3.63) is 0 Å². The lowest BCUT2D eigenvalue weighted by molar-refractivity contribution is 0.118. The first-order chi connectivity index (χ1) is 17.2. The Morgan fingerprint density at radius 1 is 0.400 bits per heavy atom. The molecule has 0 aliphatic heterocycles. The highest BCUT2D eigenvalue weighted by molar-refractivity contribution is 4.66. The molecule has 0 aromatic rings. The molecule has 0 aromatic carbocycles. The Hall–Kier alpha value is -0.0800. The molecule has 0 spiro atoms. The third-order valence-electron chi connectivity index (χ3n) is 7.84. The predicted molar refractivity (Wildman–Crippen MR) is 160 cm³/mol. The maximum Gasteiger partial charge on any atom is 0.0466 e. The summed E-state index contributed by atoms with van der Waals surface area (Å²) in [4.78, 5) is 2.44. The second-order valence-corrected chi connectivity index (χ2v) is 11.6. The van der Waals surface area contributed by atoms with Gasteiger partial charge in [-0.25, -0.2) is 0 Å². The Kier molecular flexibility index (Phi) is 30.1. The van der Waals surface area contributed by atoms with Crippen LogP contribution in [-0.4, -0.2) is 38.3 Å². The van der Waals surface area contributed by atoms with Crippen molar-refractivity contribution < 1.29 is 4.74 Å². The highest BCUT2D eigenvalue weighted by Gasteiger charge is 2.10. The first-order valence-electron chi connectivity index (χ1n) is 16.5. The lowest BCUT2D eigenvalue weighted by Crippen LogP contribution is -2.28. The van der Waals surface area contributed by atoms with Crippen LogP contribution in [0.15, 0.2) is 0 Å². The van der Waals surface area contributed by atoms with Gasteiger partial charge in [-0.05, 0) is 39.8 Å². The van der Waals surface area contributed by atoms with Crippen LogP contribution < -0.4 is 0 Å². The van der Waals surface area contributed by atoms with Crippen LogP contribution in [-0.2, 0) is 4.74 Å². The van der Waals surface area contributed by atoms with E-state index in [1.165, 1.54) is 167 Å². The molecule has 1 atom stereocenters. The first-order valence-corrected chi connectivity index (χ1v) is 16.5. The van der Waals surface area contributed by atoms with Crippen LogP contribution in [0.1, 0.15) is 181 Å². The molecule has 0 amide bonds. The summed E-state index contributed by atoms with van der Waals surface area (Å²) in [5, 5.41) is 0. The number of unbranched alkanes of at least 4 members (excludes halogenated alkanes) is 21. The van der Waals surface area contributed by atoms with Crippen molar-refractivity contribution in [1.82, 2.24) is 4.90 Å². The fourth-order valence-electron chi connectivity index (χ4n) is 5.27. The van der Waals surface area contributed by atoms with Crippen LogP contribution in [0.25, 0.3) is 0 Å². The van der Waals surface area contributed by atoms with Crippen molar-refractivity contribution in [2.45, 2.75) is 187 Å². The molecular formula is C33H69NO. The van der Waals surface area contributed by atoms with Gasteiger partial charge in [0.1, 0.15) is 0 Å². The van der Waals surface area contributed by atoms with Crippen LogP contribution >= 0.6 is 0 Å². The molecular weight excluding hydrogens is 426 g/mol. The van der Waals surface area contributed by atoms with Crippen molar-refractivity contribution in [1.29, 1.82) is 0 Å². The van der Waals surface area contributed by atoms with E-state index in [0.29, 0.717) is 0 Å². The maximum atomic E-state index is 5.94. The highest BCUT2D eigenvalue weighted by atomic mass is 16.5. The summed E-state index contributed by atoms with van der Waals surface area (Å²) in [6.45, 7) is 6.53. The molecule has 0 bridgehead atoms. The summed E-state index contributed by atoms with van der Waals surface area (Å²) < 4.78 is 5.94. The smallest absolute Gasteiger partial charge is 0.0466 e. The summed E-state index contributed by atoms with van der Waals surface area (Å²) in [7, 11) is 4.51. The second kappa shape index (κ2) is 30.1. The van der Waals surface area contributed by atoms with Gasteiger partial charge in [0.15, 0.2) is 0 Å². The fraction of sp³-hybridized carbons (Fsp3) is 1.00. The SMILES string of the molecule is CCCCCCCCCCCCCCCCCCOCCCC(CCCCCCCCC)N(C)C. The molecule has 1 unspecified atom stereocenters. The topological polar surface area (TPSA) is 12.5 Å². The number of nitrogens with zero attached hydrogens (tertiary/aromatic N) is 1. The van der Waals surface area contributed by atoms with E-state index in [4.69, 9.17) is 4.74 Å². The quantitative estimate of drug-likeness (QED) is 0.0918. The number of ether oxygens (including phenoxy) is 1. The largest absolute Gasteiger partial charge is 0.381 e. The van der Waals surface area contributed by atoms with Crippen molar-refractivity contribution in [2.24, 2.45) is 0 Å². The van der Waals surface area contributed by atoms with Crippen molar-refractivity contribution in [3.8, 4) is 0 Å². The lowest BCUT2D eigenvalue weighted by Gasteiger charge is -2.24. The van der Waals surface area contributed by atoms with E-state index < -0.39 is 0 Å². The Labute approximate surface area is 223 Å². The Morgan fingerprint density at radius 2 is 0.714 bits per heavy atom. The van der Waals surface area contributed by atoms with E-state index in [1.807, 2.05) is 0 Å². The van der Waals surface area contributed by atoms with E-state index in [-0.39, 0.29) is 0 Å². The van der Waals surface area contributed by atoms with Gasteiger partial charge in [0.25, 0.3) is 0 Å². The molecule has 0 rings (SSSR count).